The normalized spacial score (nSPS) is 12.5. The van der Waals surface area contributed by atoms with Gasteiger partial charge in [-0.05, 0) is 80.3 Å². The molecule has 376 valence electrons. The van der Waals surface area contributed by atoms with E-state index in [1.807, 2.05) is 0 Å². The first kappa shape index (κ1) is 59.9. The van der Waals surface area contributed by atoms with Crippen LogP contribution in [0.2, 0.25) is 9.79 Å². The van der Waals surface area contributed by atoms with Crippen LogP contribution in [-0.4, -0.2) is 4.70 Å². The van der Waals surface area contributed by atoms with E-state index in [2.05, 4.69) is 102 Å². The second-order valence-electron chi connectivity index (χ2n) is 19.4. The van der Waals surface area contributed by atoms with Gasteiger partial charge in [0, 0.05) is 23.1 Å². The van der Waals surface area contributed by atoms with E-state index < -0.39 is 0 Å². The second-order valence-corrected chi connectivity index (χ2v) is 22.4. The maximum absolute atomic E-state index is 12.2. The van der Waals surface area contributed by atoms with E-state index in [0.29, 0.717) is 0 Å². The van der Waals surface area contributed by atoms with Crippen LogP contribution < -0.4 is 0 Å². The molecule has 1 aliphatic rings. The van der Waals surface area contributed by atoms with Crippen LogP contribution in [0.25, 0.3) is 16.9 Å². The van der Waals surface area contributed by atoms with Gasteiger partial charge in [0.15, 0.2) is 0 Å². The van der Waals surface area contributed by atoms with Crippen LogP contribution >= 0.6 is 0 Å². The standard InChI is InChI=1S/C59H94N2.2C2H5.Pd/c1-5-9-13-15-16-17-18-19-20-21-22-23-24-25-26-27-28-29-30-31-32-33-34-35-36-39-49-57-56(48-37-11-7-3)58(55-47-41-45-53(51-55)43-38-14-10-6-2)61(60)59(57)54-46-40-44-52(50-54)42-12-8-4;2*1-2;/h40-41,44-47,50-51H,5-38,42-43,48H2,1-4H3;2*1H2,2H3;. The molecule has 0 aliphatic carbocycles. The van der Waals surface area contributed by atoms with Gasteiger partial charge in [-0.2, -0.15) is 0 Å². The van der Waals surface area contributed by atoms with Crippen LogP contribution in [0, 0.1) is 11.8 Å². The summed E-state index contributed by atoms with van der Waals surface area (Å²) in [6.45, 7) is 13.6. The Morgan fingerprint density at radius 3 is 1.20 bits per heavy atom. The summed E-state index contributed by atoms with van der Waals surface area (Å²) in [6.07, 6.45) is 48.9. The van der Waals surface area contributed by atoms with Gasteiger partial charge in [0.05, 0.1) is 0 Å². The molecule has 0 saturated carbocycles. The molecular formula is C63H104N2Pd. The van der Waals surface area contributed by atoms with Gasteiger partial charge in [-0.25, -0.2) is 4.70 Å². The summed E-state index contributed by atoms with van der Waals surface area (Å²) in [6, 6.07) is 17.9. The Balaban J connectivity index is 0.00000283. The van der Waals surface area contributed by atoms with Crippen LogP contribution in [-0.2, 0) is 30.8 Å². The molecule has 0 atom stereocenters. The third-order valence-corrected chi connectivity index (χ3v) is 15.1. The molecule has 3 rings (SSSR count). The number of nitrogens with zero attached hydrogens (tertiary/aromatic N) is 2. The Morgan fingerprint density at radius 1 is 0.409 bits per heavy atom. The van der Waals surface area contributed by atoms with Crippen molar-refractivity contribution in [3.63, 3.8) is 0 Å². The maximum atomic E-state index is 12.2. The van der Waals surface area contributed by atoms with E-state index >= 15 is 0 Å². The molecule has 0 fully saturated rings. The van der Waals surface area contributed by atoms with Crippen LogP contribution in [0.5, 0.6) is 0 Å². The Hall–Kier alpha value is -2.26. The van der Waals surface area contributed by atoms with Crippen molar-refractivity contribution >= 4 is 11.4 Å². The summed E-state index contributed by atoms with van der Waals surface area (Å²) in [5, 5.41) is 0. The second kappa shape index (κ2) is 42.8. The third kappa shape index (κ3) is 27.7. The van der Waals surface area contributed by atoms with Crippen molar-refractivity contribution in [3.05, 3.63) is 87.5 Å². The number of rotatable bonds is 40. The van der Waals surface area contributed by atoms with Crippen molar-refractivity contribution in [2.24, 2.45) is 0 Å². The van der Waals surface area contributed by atoms with E-state index in [1.54, 1.807) is 0 Å². The Bertz CT molecular complexity index is 1620. The minimum absolute atomic E-state index is 0.875. The first-order valence-electron chi connectivity index (χ1n) is 28.6. The molecule has 0 N–H and O–H groups in total. The number of allylic oxidation sites excluding steroid dienone is 2. The first-order chi connectivity index (χ1) is 32.6. The van der Waals surface area contributed by atoms with Crippen molar-refractivity contribution in [2.45, 2.75) is 289 Å². The zero-order valence-corrected chi connectivity index (χ0v) is 46.0. The van der Waals surface area contributed by atoms with Crippen molar-refractivity contribution in [3.8, 4) is 11.8 Å². The molecule has 2 aromatic carbocycles. The summed E-state index contributed by atoms with van der Waals surface area (Å²) >= 11 is 1.04. The first-order valence-corrected chi connectivity index (χ1v) is 30.8. The van der Waals surface area contributed by atoms with Gasteiger partial charge in [-0.15, -0.1) is 0 Å². The van der Waals surface area contributed by atoms with Gasteiger partial charge in [0.1, 0.15) is 5.57 Å². The van der Waals surface area contributed by atoms with Crippen LogP contribution in [0.1, 0.15) is 289 Å². The van der Waals surface area contributed by atoms with Crippen molar-refractivity contribution < 1.29 is 22.7 Å². The Labute approximate surface area is 419 Å². The molecule has 2 nitrogen and oxygen atoms in total. The molecule has 2 aromatic rings. The number of unbranched alkanes of at least 4 members (excludes halogenated alkanes) is 30. The van der Waals surface area contributed by atoms with Gasteiger partial charge in [0.25, 0.3) is 0 Å². The van der Waals surface area contributed by atoms with Crippen LogP contribution in [0.4, 0.5) is 0 Å². The Kier molecular flexibility index (Phi) is 38.8. The minimum atomic E-state index is 0.875. The molecule has 1 heterocycles. The predicted octanol–water partition coefficient (Wildman–Crippen LogP) is 21.6. The average molecular weight is 996 g/mol. The van der Waals surface area contributed by atoms with E-state index in [-0.39, 0.29) is 0 Å². The summed E-state index contributed by atoms with van der Waals surface area (Å²) in [5.74, 6) is 7.33. The fourth-order valence-electron chi connectivity index (χ4n) is 9.47. The van der Waals surface area contributed by atoms with Crippen molar-refractivity contribution in [1.82, 2.24) is 0 Å². The number of aryl methyl sites for hydroxylation is 2. The number of benzene rings is 2. The molecule has 0 aromatic heterocycles. The van der Waals surface area contributed by atoms with E-state index in [1.165, 1.54) is 230 Å². The van der Waals surface area contributed by atoms with Crippen LogP contribution in [0.15, 0.2) is 59.7 Å². The summed E-state index contributed by atoms with van der Waals surface area (Å²) in [4.78, 5) is 2.79. The fourth-order valence-corrected chi connectivity index (χ4v) is 10.2. The molecule has 0 saturated heterocycles. The summed E-state index contributed by atoms with van der Waals surface area (Å²) in [5.41, 5.74) is 21.2. The monoisotopic (exact) mass is 995 g/mol. The molecular weight excluding hydrogens is 891 g/mol. The quantitative estimate of drug-likeness (QED) is 0.0275. The number of hydrogen-bond acceptors (Lipinski definition) is 0. The number of hydrogen-bond donors (Lipinski definition) is 0. The molecule has 0 radical (unpaired) electrons. The molecule has 66 heavy (non-hydrogen) atoms. The van der Waals surface area contributed by atoms with E-state index in [4.69, 9.17) is 0 Å². The van der Waals surface area contributed by atoms with Crippen LogP contribution in [0.3, 0.4) is 0 Å². The third-order valence-electron chi connectivity index (χ3n) is 13.5. The summed E-state index contributed by atoms with van der Waals surface area (Å²) in [7, 11) is 0. The van der Waals surface area contributed by atoms with Crippen molar-refractivity contribution in [1.29, 1.82) is 0 Å². The molecule has 3 heteroatoms. The molecule has 0 amide bonds. The molecule has 0 unspecified atom stereocenters. The summed E-state index contributed by atoms with van der Waals surface area (Å²) < 4.78 is 1.51. The van der Waals surface area contributed by atoms with E-state index in [9.17, 15) is 5.53 Å². The van der Waals surface area contributed by atoms with E-state index in [0.717, 1.165) is 84.6 Å². The van der Waals surface area contributed by atoms with Crippen molar-refractivity contribution in [2.75, 3.05) is 0 Å². The Morgan fingerprint density at radius 2 is 0.773 bits per heavy atom. The SMILES string of the molecule is CCCCCCCCCCCCCCCCCCCCCCCCCCC#CC1=C(c2cccc(CCCC)c2)[N+](=[N-])C(c2cccc(CCCCCC)c2)=C1CCCCC.C[CH2][Pd][CH2]C. The van der Waals surface area contributed by atoms with Gasteiger partial charge in [0.2, 0.25) is 11.4 Å². The van der Waals surface area contributed by atoms with Gasteiger partial charge in [-0.1, -0.05) is 250 Å². The van der Waals surface area contributed by atoms with Gasteiger partial charge in [-0.3, -0.25) is 0 Å². The zero-order valence-electron chi connectivity index (χ0n) is 44.4. The topological polar surface area (TPSA) is 25.3 Å². The van der Waals surface area contributed by atoms with Gasteiger partial charge < -0.3 is 5.53 Å². The zero-order chi connectivity index (χ0) is 47.6. The molecule has 1 aliphatic heterocycles. The average Bonchev–Trinajstić information content (AvgIpc) is 3.61. The fraction of sp³-hybridized carbons (Fsp3) is 0.714. The van der Waals surface area contributed by atoms with Gasteiger partial charge >= 0.3 is 41.6 Å². The molecule has 0 spiro atoms. The predicted molar refractivity (Wildman–Crippen MR) is 291 cm³/mol. The molecule has 0 bridgehead atoms.